The highest BCUT2D eigenvalue weighted by atomic mass is 16.5. The smallest absolute Gasteiger partial charge is 0.310 e. The van der Waals surface area contributed by atoms with Crippen LogP contribution in [0, 0.1) is 0 Å². The van der Waals surface area contributed by atoms with Gasteiger partial charge in [-0.05, 0) is 43.9 Å². The molecule has 0 aromatic heterocycles. The lowest BCUT2D eigenvalue weighted by Crippen LogP contribution is -2.22. The standard InChI is InChI=1S/C16H22O4/c1-18-14-8-9-15(19-2)12(10-14)11-16(17)20-13-6-4-3-5-7-13/h8-10,13H,3-7,11H2,1-2H3. The molecule has 0 unspecified atom stereocenters. The Bertz CT molecular complexity index is 450. The first kappa shape index (κ1) is 14.7. The summed E-state index contributed by atoms with van der Waals surface area (Å²) in [6.45, 7) is 0. The molecule has 0 aliphatic heterocycles. The highest BCUT2D eigenvalue weighted by Gasteiger charge is 2.19. The molecule has 0 amide bonds. The Morgan fingerprint density at radius 2 is 1.90 bits per heavy atom. The van der Waals surface area contributed by atoms with E-state index in [0.717, 1.165) is 31.2 Å². The van der Waals surface area contributed by atoms with Crippen LogP contribution in [0.4, 0.5) is 0 Å². The van der Waals surface area contributed by atoms with E-state index in [4.69, 9.17) is 14.2 Å². The lowest BCUT2D eigenvalue weighted by molar-refractivity contribution is -0.149. The van der Waals surface area contributed by atoms with E-state index in [2.05, 4.69) is 0 Å². The molecule has 0 N–H and O–H groups in total. The largest absolute Gasteiger partial charge is 0.497 e. The summed E-state index contributed by atoms with van der Waals surface area (Å²) in [7, 11) is 3.20. The van der Waals surface area contributed by atoms with Crippen molar-refractivity contribution in [3.63, 3.8) is 0 Å². The van der Waals surface area contributed by atoms with Crippen LogP contribution in [0.5, 0.6) is 11.5 Å². The number of carbonyl (C=O) groups excluding carboxylic acids is 1. The van der Waals surface area contributed by atoms with Crippen LogP contribution in [0.15, 0.2) is 18.2 Å². The zero-order chi connectivity index (χ0) is 14.4. The van der Waals surface area contributed by atoms with Crippen molar-refractivity contribution in [3.05, 3.63) is 23.8 Å². The summed E-state index contributed by atoms with van der Waals surface area (Å²) < 4.78 is 16.0. The fraction of sp³-hybridized carbons (Fsp3) is 0.562. The number of methoxy groups -OCH3 is 2. The molecule has 0 bridgehead atoms. The van der Waals surface area contributed by atoms with Gasteiger partial charge >= 0.3 is 5.97 Å². The minimum absolute atomic E-state index is 0.0906. The maximum absolute atomic E-state index is 12.0. The summed E-state index contributed by atoms with van der Waals surface area (Å²) in [5.74, 6) is 1.21. The van der Waals surface area contributed by atoms with Crippen molar-refractivity contribution in [3.8, 4) is 11.5 Å². The van der Waals surface area contributed by atoms with Gasteiger partial charge in [0.15, 0.2) is 0 Å². The molecule has 1 aromatic rings. The van der Waals surface area contributed by atoms with E-state index >= 15 is 0 Å². The van der Waals surface area contributed by atoms with E-state index in [-0.39, 0.29) is 18.5 Å². The topological polar surface area (TPSA) is 44.8 Å². The Hall–Kier alpha value is -1.71. The maximum Gasteiger partial charge on any atom is 0.310 e. The summed E-state index contributed by atoms with van der Waals surface area (Å²) >= 11 is 0. The van der Waals surface area contributed by atoms with Gasteiger partial charge in [0.2, 0.25) is 0 Å². The van der Waals surface area contributed by atoms with E-state index in [1.807, 2.05) is 18.2 Å². The van der Waals surface area contributed by atoms with E-state index in [0.29, 0.717) is 11.5 Å². The van der Waals surface area contributed by atoms with Crippen LogP contribution in [-0.4, -0.2) is 26.3 Å². The molecule has 0 heterocycles. The molecule has 0 atom stereocenters. The zero-order valence-corrected chi connectivity index (χ0v) is 12.2. The molecule has 20 heavy (non-hydrogen) atoms. The third-order valence-corrected chi connectivity index (χ3v) is 3.67. The summed E-state index contributed by atoms with van der Waals surface area (Å²) in [4.78, 5) is 12.0. The second-order valence-corrected chi connectivity index (χ2v) is 5.10. The molecule has 0 radical (unpaired) electrons. The Labute approximate surface area is 120 Å². The van der Waals surface area contributed by atoms with E-state index < -0.39 is 0 Å². The van der Waals surface area contributed by atoms with Crippen molar-refractivity contribution in [1.29, 1.82) is 0 Å². The van der Waals surface area contributed by atoms with Crippen molar-refractivity contribution in [2.24, 2.45) is 0 Å². The Kier molecular flexibility index (Phi) is 5.27. The lowest BCUT2D eigenvalue weighted by atomic mass is 9.98. The normalized spacial score (nSPS) is 15.7. The van der Waals surface area contributed by atoms with Crippen molar-refractivity contribution in [2.75, 3.05) is 14.2 Å². The summed E-state index contributed by atoms with van der Waals surface area (Å²) in [5.41, 5.74) is 0.799. The van der Waals surface area contributed by atoms with Gasteiger partial charge in [-0.25, -0.2) is 0 Å². The van der Waals surface area contributed by atoms with Crippen molar-refractivity contribution >= 4 is 5.97 Å². The van der Waals surface area contributed by atoms with Crippen LogP contribution < -0.4 is 9.47 Å². The van der Waals surface area contributed by atoms with Crippen molar-refractivity contribution < 1.29 is 19.0 Å². The number of hydrogen-bond donors (Lipinski definition) is 0. The second-order valence-electron chi connectivity index (χ2n) is 5.10. The predicted octanol–water partition coefficient (Wildman–Crippen LogP) is 3.12. The Balaban J connectivity index is 1.98. The monoisotopic (exact) mass is 278 g/mol. The van der Waals surface area contributed by atoms with Crippen LogP contribution in [0.25, 0.3) is 0 Å². The van der Waals surface area contributed by atoms with E-state index in [9.17, 15) is 4.79 Å². The van der Waals surface area contributed by atoms with Gasteiger partial charge in [-0.2, -0.15) is 0 Å². The van der Waals surface area contributed by atoms with Gasteiger partial charge in [-0.3, -0.25) is 4.79 Å². The van der Waals surface area contributed by atoms with Crippen LogP contribution in [0.1, 0.15) is 37.7 Å². The fourth-order valence-electron chi connectivity index (χ4n) is 2.59. The second kappa shape index (κ2) is 7.17. The molecule has 4 heteroatoms. The van der Waals surface area contributed by atoms with Gasteiger partial charge in [0.25, 0.3) is 0 Å². The molecular formula is C16H22O4. The molecule has 4 nitrogen and oxygen atoms in total. The number of carbonyl (C=O) groups is 1. The van der Waals surface area contributed by atoms with Gasteiger partial charge in [0.05, 0.1) is 20.6 Å². The van der Waals surface area contributed by atoms with Gasteiger partial charge in [0, 0.05) is 5.56 Å². The molecule has 1 saturated carbocycles. The minimum Gasteiger partial charge on any atom is -0.497 e. The number of hydrogen-bond acceptors (Lipinski definition) is 4. The molecule has 0 saturated heterocycles. The zero-order valence-electron chi connectivity index (χ0n) is 12.2. The van der Waals surface area contributed by atoms with Crippen LogP contribution in [-0.2, 0) is 16.0 Å². The average molecular weight is 278 g/mol. The van der Waals surface area contributed by atoms with Crippen LogP contribution in [0.2, 0.25) is 0 Å². The Morgan fingerprint density at radius 3 is 2.55 bits per heavy atom. The van der Waals surface area contributed by atoms with E-state index in [1.165, 1.54) is 6.42 Å². The highest BCUT2D eigenvalue weighted by molar-refractivity contribution is 5.74. The van der Waals surface area contributed by atoms with Gasteiger partial charge < -0.3 is 14.2 Å². The van der Waals surface area contributed by atoms with Crippen molar-refractivity contribution in [2.45, 2.75) is 44.6 Å². The first-order valence-electron chi connectivity index (χ1n) is 7.13. The molecule has 1 aliphatic carbocycles. The fourth-order valence-corrected chi connectivity index (χ4v) is 2.59. The third-order valence-electron chi connectivity index (χ3n) is 3.67. The summed E-state index contributed by atoms with van der Waals surface area (Å²) in [6, 6.07) is 5.44. The van der Waals surface area contributed by atoms with E-state index in [1.54, 1.807) is 14.2 Å². The number of rotatable bonds is 5. The molecule has 1 aliphatic rings. The molecule has 2 rings (SSSR count). The van der Waals surface area contributed by atoms with Crippen LogP contribution in [0.3, 0.4) is 0 Å². The SMILES string of the molecule is COc1ccc(OC)c(CC(=O)OC2CCCCC2)c1. The molecule has 110 valence electrons. The summed E-state index contributed by atoms with van der Waals surface area (Å²) in [5, 5.41) is 0. The quantitative estimate of drug-likeness (QED) is 0.776. The first-order valence-corrected chi connectivity index (χ1v) is 7.13. The first-order chi connectivity index (χ1) is 9.72. The minimum atomic E-state index is -0.191. The maximum atomic E-state index is 12.0. The lowest BCUT2D eigenvalue weighted by Gasteiger charge is -2.22. The number of ether oxygens (including phenoxy) is 3. The van der Waals surface area contributed by atoms with Gasteiger partial charge in [0.1, 0.15) is 17.6 Å². The van der Waals surface area contributed by atoms with Crippen LogP contribution >= 0.6 is 0 Å². The van der Waals surface area contributed by atoms with Crippen molar-refractivity contribution in [1.82, 2.24) is 0 Å². The molecule has 1 fully saturated rings. The molecule has 1 aromatic carbocycles. The number of benzene rings is 1. The third kappa shape index (κ3) is 3.89. The van der Waals surface area contributed by atoms with Gasteiger partial charge in [-0.15, -0.1) is 0 Å². The number of esters is 1. The summed E-state index contributed by atoms with van der Waals surface area (Å²) in [6.07, 6.45) is 5.84. The van der Waals surface area contributed by atoms with Gasteiger partial charge in [-0.1, -0.05) is 6.42 Å². The molecule has 0 spiro atoms. The Morgan fingerprint density at radius 1 is 1.15 bits per heavy atom. The highest BCUT2D eigenvalue weighted by Crippen LogP contribution is 2.26. The predicted molar refractivity (Wildman–Crippen MR) is 76.2 cm³/mol. The average Bonchev–Trinajstić information content (AvgIpc) is 2.48. The molecular weight excluding hydrogens is 256 g/mol.